The van der Waals surface area contributed by atoms with E-state index in [1.165, 1.54) is 12.8 Å². The minimum absolute atomic E-state index is 0.120. The van der Waals surface area contributed by atoms with Gasteiger partial charge in [-0.25, -0.2) is 4.98 Å². The van der Waals surface area contributed by atoms with Gasteiger partial charge in [-0.15, -0.1) is 0 Å². The summed E-state index contributed by atoms with van der Waals surface area (Å²) in [7, 11) is 0. The van der Waals surface area contributed by atoms with Gasteiger partial charge in [0.1, 0.15) is 11.9 Å². The van der Waals surface area contributed by atoms with Gasteiger partial charge >= 0.3 is 0 Å². The van der Waals surface area contributed by atoms with Crippen molar-refractivity contribution in [3.8, 4) is 6.07 Å². The van der Waals surface area contributed by atoms with E-state index in [4.69, 9.17) is 14.7 Å². The standard InChI is InChI=1S/C14H21N5O2/c15-4-3-13-16-14(18-17-13)12-9-19(6-8-21-12)5-7-20-10-11-1-2-11/h11-12H,1-3,5-10H2,(H,16,17,18)/t12-/m1/s1. The van der Waals surface area contributed by atoms with Gasteiger partial charge in [-0.05, 0) is 18.8 Å². The molecule has 1 aromatic rings. The number of aromatic amines is 1. The Bertz CT molecular complexity index is 494. The zero-order valence-corrected chi connectivity index (χ0v) is 12.1. The Morgan fingerprint density at radius 2 is 2.38 bits per heavy atom. The summed E-state index contributed by atoms with van der Waals surface area (Å²) in [5.41, 5.74) is 0. The van der Waals surface area contributed by atoms with Gasteiger partial charge in [-0.1, -0.05) is 0 Å². The van der Waals surface area contributed by atoms with E-state index in [-0.39, 0.29) is 12.5 Å². The van der Waals surface area contributed by atoms with Gasteiger partial charge in [0.25, 0.3) is 0 Å². The van der Waals surface area contributed by atoms with Gasteiger partial charge in [-0.3, -0.25) is 10.00 Å². The maximum Gasteiger partial charge on any atom is 0.180 e. The summed E-state index contributed by atoms with van der Waals surface area (Å²) >= 11 is 0. The molecule has 1 N–H and O–H groups in total. The summed E-state index contributed by atoms with van der Waals surface area (Å²) in [6, 6.07) is 2.06. The van der Waals surface area contributed by atoms with Gasteiger partial charge in [0.05, 0.1) is 25.7 Å². The zero-order valence-electron chi connectivity index (χ0n) is 12.1. The molecule has 0 amide bonds. The molecule has 2 aliphatic rings. The molecular weight excluding hydrogens is 270 g/mol. The largest absolute Gasteiger partial charge is 0.380 e. The molecule has 114 valence electrons. The molecule has 0 spiro atoms. The van der Waals surface area contributed by atoms with E-state index in [0.29, 0.717) is 18.3 Å². The van der Waals surface area contributed by atoms with E-state index in [9.17, 15) is 0 Å². The molecule has 2 fully saturated rings. The Morgan fingerprint density at radius 1 is 1.48 bits per heavy atom. The molecule has 0 unspecified atom stereocenters. The van der Waals surface area contributed by atoms with Crippen molar-refractivity contribution >= 4 is 0 Å². The third kappa shape index (κ3) is 4.24. The van der Waals surface area contributed by atoms with Crippen molar-refractivity contribution in [3.05, 3.63) is 11.6 Å². The summed E-state index contributed by atoms with van der Waals surface area (Å²) < 4.78 is 11.4. The van der Waals surface area contributed by atoms with Crippen LogP contribution in [0.5, 0.6) is 0 Å². The maximum atomic E-state index is 8.65. The minimum atomic E-state index is -0.120. The average molecular weight is 291 g/mol. The van der Waals surface area contributed by atoms with Crippen LogP contribution in [0.25, 0.3) is 0 Å². The van der Waals surface area contributed by atoms with Gasteiger partial charge in [0.15, 0.2) is 5.82 Å². The SMILES string of the molecule is N#CCc1nc([C@H]2CN(CCOCC3CC3)CCO2)n[nH]1. The fourth-order valence-electron chi connectivity index (χ4n) is 2.40. The highest BCUT2D eigenvalue weighted by atomic mass is 16.5. The van der Waals surface area contributed by atoms with E-state index in [1.54, 1.807) is 0 Å². The number of ether oxygens (including phenoxy) is 2. The number of morpholine rings is 1. The predicted octanol–water partition coefficient (Wildman–Crippen LogP) is 0.671. The first kappa shape index (κ1) is 14.4. The third-order valence-electron chi connectivity index (χ3n) is 3.84. The van der Waals surface area contributed by atoms with Gasteiger partial charge < -0.3 is 9.47 Å². The first-order valence-corrected chi connectivity index (χ1v) is 7.55. The molecule has 1 aliphatic carbocycles. The number of nitrogens with one attached hydrogen (secondary N) is 1. The fraction of sp³-hybridized carbons (Fsp3) is 0.786. The third-order valence-corrected chi connectivity index (χ3v) is 3.84. The fourth-order valence-corrected chi connectivity index (χ4v) is 2.40. The molecule has 1 aromatic heterocycles. The molecular formula is C14H21N5O2. The van der Waals surface area contributed by atoms with Crippen LogP contribution >= 0.6 is 0 Å². The highest BCUT2D eigenvalue weighted by Crippen LogP contribution is 2.28. The van der Waals surface area contributed by atoms with E-state index < -0.39 is 0 Å². The van der Waals surface area contributed by atoms with Crippen LogP contribution in [0.2, 0.25) is 0 Å². The number of rotatable bonds is 7. The van der Waals surface area contributed by atoms with Crippen LogP contribution in [0.1, 0.15) is 30.6 Å². The molecule has 7 nitrogen and oxygen atoms in total. The lowest BCUT2D eigenvalue weighted by Gasteiger charge is -2.31. The number of hydrogen-bond donors (Lipinski definition) is 1. The first-order chi connectivity index (χ1) is 10.3. The van der Waals surface area contributed by atoms with E-state index in [1.807, 2.05) is 0 Å². The number of aromatic nitrogens is 3. The molecule has 21 heavy (non-hydrogen) atoms. The lowest BCUT2D eigenvalue weighted by molar-refractivity contribution is -0.0419. The Balaban J connectivity index is 1.44. The molecule has 0 aromatic carbocycles. The second-order valence-electron chi connectivity index (χ2n) is 5.65. The van der Waals surface area contributed by atoms with Crippen molar-refractivity contribution in [3.63, 3.8) is 0 Å². The molecule has 7 heteroatoms. The lowest BCUT2D eigenvalue weighted by atomic mass is 10.2. The summed E-state index contributed by atoms with van der Waals surface area (Å²) in [6.07, 6.45) is 2.79. The van der Waals surface area contributed by atoms with Crippen LogP contribution in [-0.4, -0.2) is 59.5 Å². The second-order valence-corrected chi connectivity index (χ2v) is 5.65. The average Bonchev–Trinajstić information content (AvgIpc) is 3.22. The summed E-state index contributed by atoms with van der Waals surface area (Å²) in [4.78, 5) is 6.63. The van der Waals surface area contributed by atoms with Gasteiger partial charge in [0.2, 0.25) is 0 Å². The van der Waals surface area contributed by atoms with Crippen LogP contribution in [0.3, 0.4) is 0 Å². The molecule has 0 radical (unpaired) electrons. The van der Waals surface area contributed by atoms with E-state index in [0.717, 1.165) is 38.8 Å². The van der Waals surface area contributed by atoms with Crippen molar-refractivity contribution in [1.29, 1.82) is 5.26 Å². The lowest BCUT2D eigenvalue weighted by Crippen LogP contribution is -2.40. The topological polar surface area (TPSA) is 87.1 Å². The Hall–Kier alpha value is -1.49. The monoisotopic (exact) mass is 291 g/mol. The van der Waals surface area contributed by atoms with Crippen molar-refractivity contribution in [1.82, 2.24) is 20.1 Å². The quantitative estimate of drug-likeness (QED) is 0.743. The number of H-pyrrole nitrogens is 1. The highest BCUT2D eigenvalue weighted by molar-refractivity contribution is 5.00. The Labute approximate surface area is 124 Å². The van der Waals surface area contributed by atoms with Crippen LogP contribution < -0.4 is 0 Å². The van der Waals surface area contributed by atoms with Crippen molar-refractivity contribution in [2.75, 3.05) is 39.5 Å². The summed E-state index contributed by atoms with van der Waals surface area (Å²) in [6.45, 7) is 4.97. The van der Waals surface area contributed by atoms with Crippen molar-refractivity contribution < 1.29 is 9.47 Å². The normalized spacial score (nSPS) is 23.1. The van der Waals surface area contributed by atoms with E-state index >= 15 is 0 Å². The van der Waals surface area contributed by atoms with E-state index in [2.05, 4.69) is 26.2 Å². The van der Waals surface area contributed by atoms with Gasteiger partial charge in [0, 0.05) is 26.2 Å². The highest BCUT2D eigenvalue weighted by Gasteiger charge is 2.25. The number of nitriles is 1. The molecule has 1 saturated heterocycles. The Kier molecular flexibility index (Phi) is 4.80. The molecule has 1 saturated carbocycles. The van der Waals surface area contributed by atoms with Crippen LogP contribution in [0.15, 0.2) is 0 Å². The first-order valence-electron chi connectivity index (χ1n) is 7.55. The maximum absolute atomic E-state index is 8.65. The predicted molar refractivity (Wildman–Crippen MR) is 74.4 cm³/mol. The second kappa shape index (κ2) is 6.98. The van der Waals surface area contributed by atoms with Crippen molar-refractivity contribution in [2.45, 2.75) is 25.4 Å². The number of hydrogen-bond acceptors (Lipinski definition) is 6. The molecule has 3 rings (SSSR count). The smallest absolute Gasteiger partial charge is 0.180 e. The zero-order chi connectivity index (χ0) is 14.5. The van der Waals surface area contributed by atoms with Crippen LogP contribution in [0.4, 0.5) is 0 Å². The Morgan fingerprint density at radius 3 is 3.19 bits per heavy atom. The number of nitrogens with zero attached hydrogens (tertiary/aromatic N) is 4. The molecule has 1 atom stereocenters. The van der Waals surface area contributed by atoms with Crippen LogP contribution in [-0.2, 0) is 15.9 Å². The molecule has 0 bridgehead atoms. The minimum Gasteiger partial charge on any atom is -0.380 e. The molecule has 2 heterocycles. The molecule has 1 aliphatic heterocycles. The summed E-state index contributed by atoms with van der Waals surface area (Å²) in [5.74, 6) is 2.05. The van der Waals surface area contributed by atoms with Crippen molar-refractivity contribution in [2.24, 2.45) is 5.92 Å². The van der Waals surface area contributed by atoms with Crippen LogP contribution in [0, 0.1) is 17.2 Å². The van der Waals surface area contributed by atoms with Gasteiger partial charge in [-0.2, -0.15) is 10.4 Å². The summed E-state index contributed by atoms with van der Waals surface area (Å²) in [5, 5.41) is 15.6.